The largest absolute Gasteiger partial charge is 0.466 e. The third-order valence-corrected chi connectivity index (χ3v) is 4.03. The van der Waals surface area contributed by atoms with Crippen LogP contribution in [0.4, 0.5) is 5.69 Å². The first-order valence-corrected chi connectivity index (χ1v) is 7.98. The standard InChI is InChI=1S/C17H22N2O7/c1-26-17(25)12-8-19(6-7-20)16(24)14(12)18-11-4-2-10(3-5-11)15(23)13(22)9-21/h2-5,13,15,18,20-23H,6-9H2,1H3. The Bertz CT molecular complexity index is 687. The van der Waals surface area contributed by atoms with Crippen molar-refractivity contribution >= 4 is 17.6 Å². The normalized spacial score (nSPS) is 16.7. The lowest BCUT2D eigenvalue weighted by atomic mass is 10.0. The van der Waals surface area contributed by atoms with Gasteiger partial charge in [0, 0.05) is 12.2 Å². The van der Waals surface area contributed by atoms with Crippen LogP contribution in [0.15, 0.2) is 35.5 Å². The molecule has 9 nitrogen and oxygen atoms in total. The summed E-state index contributed by atoms with van der Waals surface area (Å²) in [7, 11) is 1.22. The van der Waals surface area contributed by atoms with E-state index in [-0.39, 0.29) is 31.0 Å². The fraction of sp³-hybridized carbons (Fsp3) is 0.412. The van der Waals surface area contributed by atoms with Crippen LogP contribution >= 0.6 is 0 Å². The topological polar surface area (TPSA) is 140 Å². The minimum atomic E-state index is -1.30. The molecule has 0 fully saturated rings. The highest BCUT2D eigenvalue weighted by Crippen LogP contribution is 2.24. The summed E-state index contributed by atoms with van der Waals surface area (Å²) >= 11 is 0. The fourth-order valence-corrected chi connectivity index (χ4v) is 2.58. The van der Waals surface area contributed by atoms with E-state index < -0.39 is 30.7 Å². The summed E-state index contributed by atoms with van der Waals surface area (Å²) in [4.78, 5) is 25.7. The van der Waals surface area contributed by atoms with Crippen molar-refractivity contribution in [2.75, 3.05) is 38.7 Å². The van der Waals surface area contributed by atoms with Gasteiger partial charge in [0.05, 0.1) is 32.4 Å². The molecule has 0 aromatic heterocycles. The van der Waals surface area contributed by atoms with E-state index in [1.165, 1.54) is 24.1 Å². The number of ether oxygens (including phenoxy) is 1. The lowest BCUT2D eigenvalue weighted by Gasteiger charge is -2.17. The fourth-order valence-electron chi connectivity index (χ4n) is 2.58. The van der Waals surface area contributed by atoms with Crippen molar-refractivity contribution in [2.45, 2.75) is 12.2 Å². The molecule has 0 spiro atoms. The second-order valence-electron chi connectivity index (χ2n) is 5.74. The third-order valence-electron chi connectivity index (χ3n) is 4.03. The average molecular weight is 366 g/mol. The van der Waals surface area contributed by atoms with Gasteiger partial charge in [-0.3, -0.25) is 4.79 Å². The number of methoxy groups -OCH3 is 1. The molecule has 1 aliphatic heterocycles. The van der Waals surface area contributed by atoms with Crippen LogP contribution in [0.2, 0.25) is 0 Å². The number of hydrogen-bond acceptors (Lipinski definition) is 8. The number of nitrogens with zero attached hydrogens (tertiary/aromatic N) is 1. The van der Waals surface area contributed by atoms with Gasteiger partial charge in [0.2, 0.25) is 0 Å². The van der Waals surface area contributed by atoms with E-state index in [9.17, 15) is 19.8 Å². The number of amides is 1. The molecule has 9 heteroatoms. The molecule has 1 aromatic carbocycles. The van der Waals surface area contributed by atoms with Crippen molar-refractivity contribution in [1.82, 2.24) is 4.90 Å². The van der Waals surface area contributed by atoms with Crippen molar-refractivity contribution < 1.29 is 34.8 Å². The molecule has 1 aromatic rings. The first-order valence-electron chi connectivity index (χ1n) is 7.98. The van der Waals surface area contributed by atoms with E-state index in [0.717, 1.165) is 0 Å². The van der Waals surface area contributed by atoms with Crippen LogP contribution < -0.4 is 5.32 Å². The van der Waals surface area contributed by atoms with Crippen molar-refractivity contribution in [3.05, 3.63) is 41.1 Å². The average Bonchev–Trinajstić information content (AvgIpc) is 2.96. The molecule has 0 bridgehead atoms. The smallest absolute Gasteiger partial charge is 0.337 e. The number of hydrogen-bond donors (Lipinski definition) is 5. The highest BCUT2D eigenvalue weighted by atomic mass is 16.5. The van der Waals surface area contributed by atoms with Crippen molar-refractivity contribution in [1.29, 1.82) is 0 Å². The monoisotopic (exact) mass is 366 g/mol. The molecule has 2 rings (SSSR count). The van der Waals surface area contributed by atoms with Gasteiger partial charge in [-0.2, -0.15) is 0 Å². The number of carbonyl (C=O) groups excluding carboxylic acids is 2. The number of rotatable bonds is 8. The number of esters is 1. The summed E-state index contributed by atoms with van der Waals surface area (Å²) in [5.41, 5.74) is 1.09. The van der Waals surface area contributed by atoms with E-state index in [1.807, 2.05) is 0 Å². The van der Waals surface area contributed by atoms with Crippen LogP contribution in [0.5, 0.6) is 0 Å². The van der Waals surface area contributed by atoms with Gasteiger partial charge in [0.15, 0.2) is 0 Å². The summed E-state index contributed by atoms with van der Waals surface area (Å²) in [6.07, 6.45) is -2.54. The summed E-state index contributed by atoms with van der Waals surface area (Å²) < 4.78 is 4.70. The quantitative estimate of drug-likeness (QED) is 0.360. The van der Waals surface area contributed by atoms with Gasteiger partial charge in [-0.1, -0.05) is 12.1 Å². The number of aliphatic hydroxyl groups is 4. The van der Waals surface area contributed by atoms with Crippen LogP contribution in [0.3, 0.4) is 0 Å². The Kier molecular flexibility index (Phi) is 6.70. The molecular weight excluding hydrogens is 344 g/mol. The molecule has 142 valence electrons. The number of benzene rings is 1. The molecule has 26 heavy (non-hydrogen) atoms. The SMILES string of the molecule is COC(=O)C1=C(Nc2ccc(C(O)C(O)CO)cc2)C(=O)N(CCO)C1. The summed E-state index contributed by atoms with van der Waals surface area (Å²) in [6.45, 7) is -0.679. The summed E-state index contributed by atoms with van der Waals surface area (Å²) in [5, 5.41) is 40.1. The van der Waals surface area contributed by atoms with E-state index in [2.05, 4.69) is 5.32 Å². The molecule has 1 amide bonds. The van der Waals surface area contributed by atoms with Gasteiger partial charge in [-0.15, -0.1) is 0 Å². The van der Waals surface area contributed by atoms with E-state index >= 15 is 0 Å². The lowest BCUT2D eigenvalue weighted by molar-refractivity contribution is -0.136. The molecular formula is C17H22N2O7. The van der Waals surface area contributed by atoms with Gasteiger partial charge in [-0.25, -0.2) is 4.79 Å². The zero-order chi connectivity index (χ0) is 19.3. The maximum Gasteiger partial charge on any atom is 0.337 e. The third kappa shape index (κ3) is 4.20. The van der Waals surface area contributed by atoms with Gasteiger partial charge < -0.3 is 35.4 Å². The van der Waals surface area contributed by atoms with E-state index in [1.54, 1.807) is 12.1 Å². The van der Waals surface area contributed by atoms with Crippen LogP contribution in [0, 0.1) is 0 Å². The number of carbonyl (C=O) groups is 2. The maximum atomic E-state index is 12.4. The minimum absolute atomic E-state index is 0.0356. The maximum absolute atomic E-state index is 12.4. The molecule has 1 aliphatic rings. The number of β-amino-alcohol motifs (C(OH)–C–C–N with tert-alkyl or cyclic N) is 1. The number of aliphatic hydroxyl groups excluding tert-OH is 4. The van der Waals surface area contributed by atoms with Gasteiger partial charge in [0.1, 0.15) is 17.9 Å². The van der Waals surface area contributed by atoms with Crippen molar-refractivity contribution in [3.8, 4) is 0 Å². The Morgan fingerprint density at radius 1 is 1.27 bits per heavy atom. The Hall–Kier alpha value is -2.46. The van der Waals surface area contributed by atoms with Gasteiger partial charge >= 0.3 is 5.97 Å². The van der Waals surface area contributed by atoms with Crippen LogP contribution in [0.25, 0.3) is 0 Å². The Balaban J connectivity index is 2.21. The predicted molar refractivity (Wildman–Crippen MR) is 90.8 cm³/mol. The first-order chi connectivity index (χ1) is 12.4. The van der Waals surface area contributed by atoms with Crippen LogP contribution in [-0.4, -0.2) is 76.7 Å². The molecule has 2 atom stereocenters. The highest BCUT2D eigenvalue weighted by Gasteiger charge is 2.34. The lowest BCUT2D eigenvalue weighted by Crippen LogP contribution is -2.31. The number of anilines is 1. The Morgan fingerprint density at radius 2 is 1.92 bits per heavy atom. The highest BCUT2D eigenvalue weighted by molar-refractivity contribution is 6.08. The van der Waals surface area contributed by atoms with Crippen LogP contribution in [-0.2, 0) is 14.3 Å². The van der Waals surface area contributed by atoms with Crippen molar-refractivity contribution in [3.63, 3.8) is 0 Å². The zero-order valence-electron chi connectivity index (χ0n) is 14.3. The first kappa shape index (κ1) is 19.9. The summed E-state index contributed by atoms with van der Waals surface area (Å²) in [6, 6.07) is 6.17. The van der Waals surface area contributed by atoms with Crippen LogP contribution in [0.1, 0.15) is 11.7 Å². The second-order valence-corrected chi connectivity index (χ2v) is 5.74. The predicted octanol–water partition coefficient (Wildman–Crippen LogP) is -1.25. The van der Waals surface area contributed by atoms with Crippen molar-refractivity contribution in [2.24, 2.45) is 0 Å². The second kappa shape index (κ2) is 8.77. The molecule has 0 saturated heterocycles. The van der Waals surface area contributed by atoms with Gasteiger partial charge in [0.25, 0.3) is 5.91 Å². The molecule has 0 aliphatic carbocycles. The molecule has 2 unspecified atom stereocenters. The number of nitrogens with one attached hydrogen (secondary N) is 1. The minimum Gasteiger partial charge on any atom is -0.466 e. The zero-order valence-corrected chi connectivity index (χ0v) is 14.3. The molecule has 0 saturated carbocycles. The molecule has 1 heterocycles. The Morgan fingerprint density at radius 3 is 2.46 bits per heavy atom. The Labute approximate surface area is 150 Å². The molecule has 5 N–H and O–H groups in total. The van der Waals surface area contributed by atoms with E-state index in [0.29, 0.717) is 11.3 Å². The summed E-state index contributed by atoms with van der Waals surface area (Å²) in [5.74, 6) is -1.07. The molecule has 0 radical (unpaired) electrons. The van der Waals surface area contributed by atoms with E-state index in [4.69, 9.17) is 14.9 Å². The van der Waals surface area contributed by atoms with Gasteiger partial charge in [-0.05, 0) is 17.7 Å².